The molecule has 0 aliphatic carbocycles. The van der Waals surface area contributed by atoms with Gasteiger partial charge in [-0.3, -0.25) is 4.79 Å². The Labute approximate surface area is 107 Å². The minimum atomic E-state index is -1.29. The van der Waals surface area contributed by atoms with Crippen molar-refractivity contribution in [2.75, 3.05) is 12.4 Å². The summed E-state index contributed by atoms with van der Waals surface area (Å²) in [4.78, 5) is 9.98. The molecule has 1 heterocycles. The van der Waals surface area contributed by atoms with Crippen LogP contribution in [0.5, 0.6) is 0 Å². The topological polar surface area (TPSA) is 94.1 Å². The minimum absolute atomic E-state index is 0.0280. The standard InChI is InChI=1S/C10H10N2O3S2/c1-2-15-8(13)3-10(14)6-16-9(17-10)7(4-11)5-12/h14H,2-3,6H2,1H3. The highest BCUT2D eigenvalue weighted by Gasteiger charge is 2.40. The second-order valence-corrected chi connectivity index (χ2v) is 5.82. The van der Waals surface area contributed by atoms with E-state index in [-0.39, 0.29) is 24.4 Å². The van der Waals surface area contributed by atoms with Gasteiger partial charge in [0.2, 0.25) is 0 Å². The van der Waals surface area contributed by atoms with Crippen LogP contribution in [-0.2, 0) is 9.53 Å². The number of aliphatic hydroxyl groups is 1. The molecule has 5 nitrogen and oxygen atoms in total. The van der Waals surface area contributed by atoms with Crippen molar-refractivity contribution < 1.29 is 14.6 Å². The number of nitriles is 2. The lowest BCUT2D eigenvalue weighted by molar-refractivity contribution is -0.145. The van der Waals surface area contributed by atoms with Crippen molar-refractivity contribution in [3.63, 3.8) is 0 Å². The van der Waals surface area contributed by atoms with Crippen molar-refractivity contribution in [1.29, 1.82) is 10.5 Å². The lowest BCUT2D eigenvalue weighted by Gasteiger charge is -2.18. The predicted molar refractivity (Wildman–Crippen MR) is 64.5 cm³/mol. The van der Waals surface area contributed by atoms with E-state index in [0.29, 0.717) is 4.24 Å². The minimum Gasteiger partial charge on any atom is -0.466 e. The number of rotatable bonds is 3. The first-order chi connectivity index (χ1) is 8.04. The molecular formula is C10H10N2O3S2. The van der Waals surface area contributed by atoms with Crippen LogP contribution >= 0.6 is 23.5 Å². The fourth-order valence-corrected chi connectivity index (χ4v) is 3.89. The predicted octanol–water partition coefficient (Wildman–Crippen LogP) is 1.37. The molecule has 90 valence electrons. The normalized spacial score (nSPS) is 22.7. The maximum absolute atomic E-state index is 11.3. The van der Waals surface area contributed by atoms with Gasteiger partial charge in [0, 0.05) is 5.75 Å². The summed E-state index contributed by atoms with van der Waals surface area (Å²) in [7, 11) is 0. The summed E-state index contributed by atoms with van der Waals surface area (Å²) in [5.74, 6) is -0.224. The fourth-order valence-electron chi connectivity index (χ4n) is 1.17. The van der Waals surface area contributed by atoms with E-state index in [1.807, 2.05) is 0 Å². The van der Waals surface area contributed by atoms with Crippen LogP contribution in [0, 0.1) is 22.7 Å². The number of hydrogen-bond donors (Lipinski definition) is 1. The Kier molecular flexibility index (Phi) is 4.88. The van der Waals surface area contributed by atoms with Crippen molar-refractivity contribution in [2.45, 2.75) is 18.3 Å². The number of esters is 1. The zero-order chi connectivity index (χ0) is 12.9. The summed E-state index contributed by atoms with van der Waals surface area (Å²) >= 11 is 2.18. The highest BCUT2D eigenvalue weighted by molar-refractivity contribution is 8.26. The molecule has 0 aromatic rings. The Bertz CT molecular complexity index is 420. The van der Waals surface area contributed by atoms with Crippen LogP contribution < -0.4 is 0 Å². The Morgan fingerprint density at radius 3 is 2.76 bits per heavy atom. The van der Waals surface area contributed by atoms with Crippen molar-refractivity contribution in [3.05, 3.63) is 9.81 Å². The Morgan fingerprint density at radius 2 is 2.24 bits per heavy atom. The molecule has 17 heavy (non-hydrogen) atoms. The molecule has 1 rings (SSSR count). The summed E-state index contributed by atoms with van der Waals surface area (Å²) < 4.78 is 5.21. The summed E-state index contributed by atoms with van der Waals surface area (Å²) in [6.45, 7) is 1.95. The molecule has 0 saturated carbocycles. The third-order valence-corrected chi connectivity index (χ3v) is 4.80. The average molecular weight is 270 g/mol. The molecule has 0 amide bonds. The molecule has 1 unspecified atom stereocenters. The van der Waals surface area contributed by atoms with Gasteiger partial charge >= 0.3 is 5.97 Å². The number of allylic oxidation sites excluding steroid dienone is 1. The van der Waals surface area contributed by atoms with Gasteiger partial charge < -0.3 is 9.84 Å². The first-order valence-corrected chi connectivity index (χ1v) is 6.59. The number of ether oxygens (including phenoxy) is 1. The van der Waals surface area contributed by atoms with E-state index in [2.05, 4.69) is 0 Å². The van der Waals surface area contributed by atoms with Gasteiger partial charge in [0.25, 0.3) is 0 Å². The molecule has 0 aromatic carbocycles. The van der Waals surface area contributed by atoms with Crippen molar-refractivity contribution >= 4 is 29.5 Å². The molecule has 1 saturated heterocycles. The maximum atomic E-state index is 11.3. The Morgan fingerprint density at radius 1 is 1.59 bits per heavy atom. The van der Waals surface area contributed by atoms with Gasteiger partial charge in [0.15, 0.2) is 0 Å². The number of hydrogen-bond acceptors (Lipinski definition) is 7. The smallest absolute Gasteiger partial charge is 0.309 e. The molecule has 1 fully saturated rings. The first-order valence-electron chi connectivity index (χ1n) is 4.79. The lowest BCUT2D eigenvalue weighted by Crippen LogP contribution is -2.28. The highest BCUT2D eigenvalue weighted by atomic mass is 32.2. The van der Waals surface area contributed by atoms with E-state index >= 15 is 0 Å². The monoisotopic (exact) mass is 270 g/mol. The van der Waals surface area contributed by atoms with E-state index in [4.69, 9.17) is 15.3 Å². The van der Waals surface area contributed by atoms with E-state index in [9.17, 15) is 9.90 Å². The molecule has 0 bridgehead atoms. The molecular weight excluding hydrogens is 260 g/mol. The van der Waals surface area contributed by atoms with Gasteiger partial charge in [-0.2, -0.15) is 10.5 Å². The van der Waals surface area contributed by atoms with Crippen LogP contribution in [0.2, 0.25) is 0 Å². The van der Waals surface area contributed by atoms with Crippen LogP contribution in [0.4, 0.5) is 0 Å². The molecule has 0 radical (unpaired) electrons. The van der Waals surface area contributed by atoms with Crippen molar-refractivity contribution in [1.82, 2.24) is 0 Å². The van der Waals surface area contributed by atoms with Crippen LogP contribution in [0.3, 0.4) is 0 Å². The van der Waals surface area contributed by atoms with Gasteiger partial charge in [0.1, 0.15) is 22.6 Å². The summed E-state index contributed by atoms with van der Waals surface area (Å²) in [6.07, 6.45) is -0.147. The zero-order valence-corrected chi connectivity index (χ0v) is 10.7. The molecule has 1 aliphatic heterocycles. The van der Waals surface area contributed by atoms with E-state index in [1.165, 1.54) is 11.8 Å². The second-order valence-electron chi connectivity index (χ2n) is 3.20. The van der Waals surface area contributed by atoms with Gasteiger partial charge in [-0.15, -0.1) is 11.8 Å². The SMILES string of the molecule is CCOC(=O)CC1(O)CSC(=C(C#N)C#N)S1. The van der Waals surface area contributed by atoms with E-state index in [0.717, 1.165) is 11.8 Å². The van der Waals surface area contributed by atoms with E-state index in [1.54, 1.807) is 19.1 Å². The van der Waals surface area contributed by atoms with Crippen molar-refractivity contribution in [2.24, 2.45) is 0 Å². The summed E-state index contributed by atoms with van der Waals surface area (Å²) in [5, 5.41) is 27.5. The number of thioether (sulfide) groups is 2. The Balaban J connectivity index is 2.73. The fraction of sp³-hybridized carbons (Fsp3) is 0.500. The van der Waals surface area contributed by atoms with Gasteiger partial charge in [-0.25, -0.2) is 0 Å². The maximum Gasteiger partial charge on any atom is 0.309 e. The third kappa shape index (κ3) is 3.67. The quantitative estimate of drug-likeness (QED) is 0.611. The third-order valence-electron chi connectivity index (χ3n) is 1.87. The molecule has 1 N–H and O–H groups in total. The van der Waals surface area contributed by atoms with Gasteiger partial charge in [-0.05, 0) is 6.92 Å². The number of carbonyl (C=O) groups is 1. The zero-order valence-electron chi connectivity index (χ0n) is 9.10. The van der Waals surface area contributed by atoms with Crippen LogP contribution in [0.25, 0.3) is 0 Å². The summed E-state index contributed by atoms with van der Waals surface area (Å²) in [6, 6.07) is 3.52. The van der Waals surface area contributed by atoms with Crippen LogP contribution in [0.15, 0.2) is 9.81 Å². The number of carbonyl (C=O) groups excluding carboxylic acids is 1. The van der Waals surface area contributed by atoms with Crippen LogP contribution in [0.1, 0.15) is 13.3 Å². The van der Waals surface area contributed by atoms with Gasteiger partial charge in [-0.1, -0.05) is 11.8 Å². The molecule has 7 heteroatoms. The average Bonchev–Trinajstić information content (AvgIpc) is 2.63. The highest BCUT2D eigenvalue weighted by Crippen LogP contribution is 2.50. The summed E-state index contributed by atoms with van der Waals surface area (Å²) in [5.41, 5.74) is -0.0280. The molecule has 0 spiro atoms. The van der Waals surface area contributed by atoms with Crippen molar-refractivity contribution in [3.8, 4) is 12.1 Å². The molecule has 0 aromatic heterocycles. The largest absolute Gasteiger partial charge is 0.466 e. The van der Waals surface area contributed by atoms with E-state index < -0.39 is 10.9 Å². The second kappa shape index (κ2) is 5.97. The lowest BCUT2D eigenvalue weighted by atomic mass is 10.3. The van der Waals surface area contributed by atoms with Crippen LogP contribution in [-0.4, -0.2) is 28.4 Å². The molecule has 1 aliphatic rings. The van der Waals surface area contributed by atoms with Gasteiger partial charge in [0.05, 0.1) is 17.3 Å². The first kappa shape index (κ1) is 13.9. The number of nitrogens with zero attached hydrogens (tertiary/aromatic N) is 2. The molecule has 1 atom stereocenters. The Hall–Kier alpha value is -1.15.